The van der Waals surface area contributed by atoms with Gasteiger partial charge in [-0.25, -0.2) is 0 Å². The highest BCUT2D eigenvalue weighted by Crippen LogP contribution is 2.35. The van der Waals surface area contributed by atoms with Gasteiger partial charge in [0.15, 0.2) is 5.75 Å². The molecule has 8 heteroatoms. The Morgan fingerprint density at radius 3 is 1.68 bits per heavy atom. The number of rotatable bonds is 7. The van der Waals surface area contributed by atoms with E-state index in [0.717, 1.165) is 43.1 Å². The standard InChI is InChI=1S/C23H30Cl2N4O2/c1-15-7-8-16(2)20(17(15)3)30-13-22(26-9-10-27-22)23(28-11-12-29-23)14-31-21-18(24)5-4-6-19(21)25/h4-8,26-29H,9-14H2,1-3H3. The fourth-order valence-corrected chi connectivity index (χ4v) is 4.92. The number of aryl methyl sites for hydroxylation is 2. The molecule has 6 nitrogen and oxygen atoms in total. The van der Waals surface area contributed by atoms with Crippen molar-refractivity contribution in [2.24, 2.45) is 0 Å². The molecule has 2 aromatic rings. The summed E-state index contributed by atoms with van der Waals surface area (Å²) in [4.78, 5) is 0. The van der Waals surface area contributed by atoms with Crippen LogP contribution in [0.3, 0.4) is 0 Å². The second kappa shape index (κ2) is 9.14. The van der Waals surface area contributed by atoms with Crippen molar-refractivity contribution in [3.05, 3.63) is 57.1 Å². The quantitative estimate of drug-likeness (QED) is 0.504. The van der Waals surface area contributed by atoms with E-state index < -0.39 is 11.3 Å². The van der Waals surface area contributed by atoms with Crippen LogP contribution in [0, 0.1) is 20.8 Å². The van der Waals surface area contributed by atoms with Crippen LogP contribution in [0.5, 0.6) is 11.5 Å². The summed E-state index contributed by atoms with van der Waals surface area (Å²) in [5, 5.41) is 15.5. The van der Waals surface area contributed by atoms with Gasteiger partial charge >= 0.3 is 0 Å². The van der Waals surface area contributed by atoms with E-state index in [9.17, 15) is 0 Å². The lowest BCUT2D eigenvalue weighted by atomic mass is 9.94. The largest absolute Gasteiger partial charge is 0.490 e. The van der Waals surface area contributed by atoms with Crippen LogP contribution in [-0.2, 0) is 0 Å². The predicted molar refractivity (Wildman–Crippen MR) is 126 cm³/mol. The molecule has 2 aromatic carbocycles. The number of halogens is 2. The van der Waals surface area contributed by atoms with Crippen LogP contribution in [-0.4, -0.2) is 50.7 Å². The highest BCUT2D eigenvalue weighted by molar-refractivity contribution is 6.37. The predicted octanol–water partition coefficient (Wildman–Crippen LogP) is 3.15. The molecule has 2 aliphatic rings. The zero-order valence-electron chi connectivity index (χ0n) is 18.2. The molecule has 2 heterocycles. The maximum absolute atomic E-state index is 6.46. The van der Waals surface area contributed by atoms with E-state index in [4.69, 9.17) is 32.7 Å². The summed E-state index contributed by atoms with van der Waals surface area (Å²) in [5.74, 6) is 1.42. The lowest BCUT2D eigenvalue weighted by molar-refractivity contribution is 0.0277. The van der Waals surface area contributed by atoms with Crippen molar-refractivity contribution >= 4 is 23.2 Å². The first-order valence-electron chi connectivity index (χ1n) is 10.6. The minimum Gasteiger partial charge on any atom is -0.490 e. The summed E-state index contributed by atoms with van der Waals surface area (Å²) in [7, 11) is 0. The van der Waals surface area contributed by atoms with Gasteiger partial charge in [-0.2, -0.15) is 0 Å². The molecule has 2 fully saturated rings. The Morgan fingerprint density at radius 2 is 1.16 bits per heavy atom. The van der Waals surface area contributed by atoms with Crippen LogP contribution < -0.4 is 30.7 Å². The number of benzene rings is 2. The van der Waals surface area contributed by atoms with E-state index in [1.54, 1.807) is 18.2 Å². The summed E-state index contributed by atoms with van der Waals surface area (Å²) < 4.78 is 12.6. The van der Waals surface area contributed by atoms with Crippen molar-refractivity contribution in [3.8, 4) is 11.5 Å². The molecule has 0 spiro atoms. The third kappa shape index (κ3) is 4.25. The smallest absolute Gasteiger partial charge is 0.156 e. The minimum atomic E-state index is -0.613. The van der Waals surface area contributed by atoms with Crippen LogP contribution in [0.4, 0.5) is 0 Å². The van der Waals surface area contributed by atoms with Gasteiger partial charge in [0.05, 0.1) is 10.0 Å². The van der Waals surface area contributed by atoms with E-state index in [1.807, 2.05) is 0 Å². The summed E-state index contributed by atoms with van der Waals surface area (Å²) in [6.07, 6.45) is 0. The topological polar surface area (TPSA) is 66.6 Å². The Kier molecular flexibility index (Phi) is 6.68. The van der Waals surface area contributed by atoms with E-state index in [1.165, 1.54) is 5.56 Å². The molecule has 2 saturated heterocycles. The molecule has 31 heavy (non-hydrogen) atoms. The molecule has 0 radical (unpaired) electrons. The molecule has 4 N–H and O–H groups in total. The fourth-order valence-electron chi connectivity index (χ4n) is 4.41. The number of ether oxygens (including phenoxy) is 2. The maximum Gasteiger partial charge on any atom is 0.156 e. The number of nitrogens with one attached hydrogen (secondary N) is 4. The number of hydrogen-bond acceptors (Lipinski definition) is 6. The van der Waals surface area contributed by atoms with Crippen molar-refractivity contribution in [1.82, 2.24) is 21.3 Å². The zero-order valence-corrected chi connectivity index (χ0v) is 19.7. The van der Waals surface area contributed by atoms with Gasteiger partial charge in [-0.3, -0.25) is 21.3 Å². The summed E-state index contributed by atoms with van der Waals surface area (Å²) >= 11 is 12.7. The second-order valence-corrected chi connectivity index (χ2v) is 9.11. The first-order valence-corrected chi connectivity index (χ1v) is 11.4. The van der Waals surface area contributed by atoms with E-state index in [-0.39, 0.29) is 0 Å². The molecular formula is C23H30Cl2N4O2. The molecule has 0 amide bonds. The monoisotopic (exact) mass is 464 g/mol. The Balaban J connectivity index is 1.60. The molecule has 0 unspecified atom stereocenters. The lowest BCUT2D eigenvalue weighted by Crippen LogP contribution is -2.79. The Bertz CT molecular complexity index is 921. The van der Waals surface area contributed by atoms with Crippen LogP contribution in [0.2, 0.25) is 10.0 Å². The summed E-state index contributed by atoms with van der Waals surface area (Å²) in [6.45, 7) is 10.3. The fraction of sp³-hybridized carbons (Fsp3) is 0.478. The van der Waals surface area contributed by atoms with Crippen molar-refractivity contribution in [3.63, 3.8) is 0 Å². The Labute approximate surface area is 194 Å². The van der Waals surface area contributed by atoms with Gasteiger partial charge in [0, 0.05) is 26.2 Å². The maximum atomic E-state index is 6.46. The average molecular weight is 465 g/mol. The average Bonchev–Trinajstić information content (AvgIpc) is 3.42. The molecule has 2 aliphatic heterocycles. The third-order valence-electron chi connectivity index (χ3n) is 6.34. The van der Waals surface area contributed by atoms with Gasteiger partial charge in [-0.05, 0) is 49.6 Å². The van der Waals surface area contributed by atoms with Crippen LogP contribution >= 0.6 is 23.2 Å². The van der Waals surface area contributed by atoms with Gasteiger partial charge in [0.2, 0.25) is 0 Å². The van der Waals surface area contributed by atoms with Gasteiger partial charge in [-0.1, -0.05) is 41.4 Å². The summed E-state index contributed by atoms with van der Waals surface area (Å²) in [5.41, 5.74) is 2.30. The highest BCUT2D eigenvalue weighted by atomic mass is 35.5. The Hall–Kier alpha value is -1.54. The molecule has 0 bridgehead atoms. The van der Waals surface area contributed by atoms with Gasteiger partial charge in [0.1, 0.15) is 30.3 Å². The normalized spacial score (nSPS) is 19.5. The first kappa shape index (κ1) is 22.6. The van der Waals surface area contributed by atoms with E-state index in [2.05, 4.69) is 54.2 Å². The number of para-hydroxylation sites is 1. The number of hydrogen-bond donors (Lipinski definition) is 4. The molecule has 0 atom stereocenters. The lowest BCUT2D eigenvalue weighted by Gasteiger charge is -2.46. The van der Waals surface area contributed by atoms with Crippen molar-refractivity contribution in [2.45, 2.75) is 32.1 Å². The van der Waals surface area contributed by atoms with Crippen LogP contribution in [0.15, 0.2) is 30.3 Å². The minimum absolute atomic E-state index is 0.311. The van der Waals surface area contributed by atoms with Crippen molar-refractivity contribution < 1.29 is 9.47 Å². The second-order valence-electron chi connectivity index (χ2n) is 8.30. The van der Waals surface area contributed by atoms with Crippen LogP contribution in [0.25, 0.3) is 0 Å². The van der Waals surface area contributed by atoms with Gasteiger partial charge < -0.3 is 9.47 Å². The van der Waals surface area contributed by atoms with Crippen LogP contribution in [0.1, 0.15) is 16.7 Å². The van der Waals surface area contributed by atoms with Crippen molar-refractivity contribution in [2.75, 3.05) is 39.4 Å². The SMILES string of the molecule is Cc1ccc(C)c(OCC2(C3(COc4c(Cl)cccc4Cl)NCCN3)NCCN2)c1C. The first-order chi connectivity index (χ1) is 14.9. The van der Waals surface area contributed by atoms with E-state index in [0.29, 0.717) is 29.0 Å². The molecule has 4 rings (SSSR count). The molecule has 0 aliphatic carbocycles. The van der Waals surface area contributed by atoms with Gasteiger partial charge in [-0.15, -0.1) is 0 Å². The third-order valence-corrected chi connectivity index (χ3v) is 6.94. The molecule has 168 valence electrons. The highest BCUT2D eigenvalue weighted by Gasteiger charge is 2.56. The van der Waals surface area contributed by atoms with Gasteiger partial charge in [0.25, 0.3) is 0 Å². The molecular weight excluding hydrogens is 435 g/mol. The summed E-state index contributed by atoms with van der Waals surface area (Å²) in [6, 6.07) is 9.59. The molecule has 0 aromatic heterocycles. The molecule has 0 saturated carbocycles. The van der Waals surface area contributed by atoms with Crippen molar-refractivity contribution in [1.29, 1.82) is 0 Å². The Morgan fingerprint density at radius 1 is 0.710 bits per heavy atom. The zero-order chi connectivity index (χ0) is 22.1. The van der Waals surface area contributed by atoms with E-state index >= 15 is 0 Å².